The molecule has 3 atom stereocenters. The monoisotopic (exact) mass is 799 g/mol. The maximum atomic E-state index is 12.6. The molecule has 0 rings (SSSR count). The normalized spacial score (nSPS) is 14.3. The van der Waals surface area contributed by atoms with Crippen LogP contribution in [0.15, 0.2) is 48.6 Å². The number of aliphatic hydroxyl groups excluding tert-OH is 2. The summed E-state index contributed by atoms with van der Waals surface area (Å²) in [5.41, 5.74) is 0. The number of phosphoric acid groups is 1. The van der Waals surface area contributed by atoms with Crippen LogP contribution in [0.25, 0.3) is 0 Å². The second-order valence-corrected chi connectivity index (χ2v) is 15.8. The first kappa shape index (κ1) is 52.9. The van der Waals surface area contributed by atoms with Gasteiger partial charge in [-0.25, -0.2) is 4.57 Å². The van der Waals surface area contributed by atoms with Gasteiger partial charge in [-0.05, 0) is 70.6 Å². The van der Waals surface area contributed by atoms with Gasteiger partial charge in [0.1, 0.15) is 12.7 Å². The van der Waals surface area contributed by atoms with Gasteiger partial charge in [-0.15, -0.1) is 0 Å². The quantitative estimate of drug-likeness (QED) is 0.0237. The van der Waals surface area contributed by atoms with Crippen molar-refractivity contribution in [2.75, 3.05) is 26.4 Å². The van der Waals surface area contributed by atoms with Crippen LogP contribution < -0.4 is 0 Å². The van der Waals surface area contributed by atoms with E-state index in [-0.39, 0.29) is 19.4 Å². The lowest BCUT2D eigenvalue weighted by Crippen LogP contribution is -2.29. The molecule has 0 aliphatic heterocycles. The summed E-state index contributed by atoms with van der Waals surface area (Å²) in [4.78, 5) is 34.9. The van der Waals surface area contributed by atoms with Gasteiger partial charge in [0.2, 0.25) is 0 Å². The van der Waals surface area contributed by atoms with Crippen LogP contribution in [0.4, 0.5) is 0 Å². The predicted molar refractivity (Wildman–Crippen MR) is 224 cm³/mol. The zero-order valence-electron chi connectivity index (χ0n) is 34.6. The molecule has 0 heterocycles. The fourth-order valence-electron chi connectivity index (χ4n) is 5.59. The third-order valence-electron chi connectivity index (χ3n) is 8.96. The van der Waals surface area contributed by atoms with Crippen molar-refractivity contribution in [3.05, 3.63) is 48.6 Å². The largest absolute Gasteiger partial charge is 0.472 e. The Labute approximate surface area is 334 Å². The fourth-order valence-corrected chi connectivity index (χ4v) is 6.38. The van der Waals surface area contributed by atoms with Gasteiger partial charge < -0.3 is 24.6 Å². The molecule has 0 spiro atoms. The topological polar surface area (TPSA) is 149 Å². The Morgan fingerprint density at radius 2 is 0.964 bits per heavy atom. The Morgan fingerprint density at radius 3 is 1.51 bits per heavy atom. The number of ether oxygens (including phenoxy) is 2. The van der Waals surface area contributed by atoms with Crippen molar-refractivity contribution >= 4 is 19.8 Å². The van der Waals surface area contributed by atoms with E-state index in [0.29, 0.717) is 19.3 Å². The van der Waals surface area contributed by atoms with Crippen molar-refractivity contribution in [2.24, 2.45) is 0 Å². The van der Waals surface area contributed by atoms with E-state index in [4.69, 9.17) is 19.1 Å². The van der Waals surface area contributed by atoms with Crippen molar-refractivity contribution in [1.82, 2.24) is 0 Å². The zero-order chi connectivity index (χ0) is 40.5. The maximum Gasteiger partial charge on any atom is 0.472 e. The molecule has 0 fully saturated rings. The van der Waals surface area contributed by atoms with E-state index in [0.717, 1.165) is 44.9 Å². The van der Waals surface area contributed by atoms with Crippen molar-refractivity contribution in [3.63, 3.8) is 0 Å². The minimum absolute atomic E-state index is 0.111. The van der Waals surface area contributed by atoms with Crippen molar-refractivity contribution in [2.45, 2.75) is 193 Å². The number of rotatable bonds is 40. The molecule has 10 nitrogen and oxygen atoms in total. The number of carbonyl (C=O) groups is 2. The highest BCUT2D eigenvalue weighted by Gasteiger charge is 2.27. The lowest BCUT2D eigenvalue weighted by molar-refractivity contribution is -0.161. The van der Waals surface area contributed by atoms with Gasteiger partial charge in [0.25, 0.3) is 0 Å². The number of phosphoric ester groups is 1. The summed E-state index contributed by atoms with van der Waals surface area (Å²) >= 11 is 0. The molecular formula is C44H79O10P. The maximum absolute atomic E-state index is 12.6. The number of esters is 2. The van der Waals surface area contributed by atoms with Gasteiger partial charge in [0.05, 0.1) is 19.8 Å². The van der Waals surface area contributed by atoms with Crippen molar-refractivity contribution < 1.29 is 47.8 Å². The first-order valence-corrected chi connectivity index (χ1v) is 23.1. The summed E-state index contributed by atoms with van der Waals surface area (Å²) in [6.07, 6.45) is 42.2. The smallest absolute Gasteiger partial charge is 0.462 e. The average molecular weight is 799 g/mol. The van der Waals surface area contributed by atoms with Crippen LogP contribution in [0.2, 0.25) is 0 Å². The fraction of sp³-hybridized carbons (Fsp3) is 0.773. The summed E-state index contributed by atoms with van der Waals surface area (Å²) in [5, 5.41) is 18.3. The Balaban J connectivity index is 4.40. The SMILES string of the molecule is CCCCCCC=CCCCCCCCCCC(=O)OC[C@H](COP(=O)(O)OC[C@@H](O)CO)OC(=O)CCCC=CCC=CCC=CCCCCCCCC. The van der Waals surface area contributed by atoms with E-state index >= 15 is 0 Å². The standard InChI is InChI=1S/C44H79O10P/c1-3-5-7-9-11-13-15-17-19-20-22-24-26-28-30-32-34-36-44(48)54-42(40-53-55(49,50)52-38-41(46)37-45)39-51-43(47)35-33-31-29-27-25-23-21-18-16-14-12-10-8-6-4-2/h14,16-17,19,22,24,28,30,41-42,45-46H,3-13,15,18,20-21,23,25-27,29,31-40H2,1-2H3,(H,49,50)/t41-,42+/m0/s1. The Kier molecular flexibility index (Phi) is 38.6. The Morgan fingerprint density at radius 1 is 0.545 bits per heavy atom. The van der Waals surface area contributed by atoms with Gasteiger partial charge >= 0.3 is 19.8 Å². The molecule has 0 aromatic rings. The van der Waals surface area contributed by atoms with Gasteiger partial charge in [0, 0.05) is 12.8 Å². The summed E-state index contributed by atoms with van der Waals surface area (Å²) in [6.45, 7) is 2.30. The third-order valence-corrected chi connectivity index (χ3v) is 9.91. The Bertz CT molecular complexity index is 1060. The van der Waals surface area contributed by atoms with E-state index in [2.05, 4.69) is 60.9 Å². The molecule has 11 heteroatoms. The minimum Gasteiger partial charge on any atom is -0.462 e. The van der Waals surface area contributed by atoms with E-state index < -0.39 is 51.8 Å². The highest BCUT2D eigenvalue weighted by Crippen LogP contribution is 2.43. The van der Waals surface area contributed by atoms with Gasteiger partial charge in [-0.1, -0.05) is 146 Å². The van der Waals surface area contributed by atoms with E-state index in [9.17, 15) is 24.2 Å². The summed E-state index contributed by atoms with van der Waals surface area (Å²) in [7, 11) is -4.63. The molecule has 0 aliphatic carbocycles. The van der Waals surface area contributed by atoms with Crippen LogP contribution in [0, 0.1) is 0 Å². The van der Waals surface area contributed by atoms with Gasteiger partial charge in [-0.2, -0.15) is 0 Å². The Hall–Kier alpha value is -2.07. The molecule has 0 aromatic carbocycles. The molecule has 0 amide bonds. The third kappa shape index (κ3) is 39.9. The summed E-state index contributed by atoms with van der Waals surface area (Å²) < 4.78 is 32.6. The van der Waals surface area contributed by atoms with Crippen molar-refractivity contribution in [3.8, 4) is 0 Å². The second-order valence-electron chi connectivity index (χ2n) is 14.4. The lowest BCUT2D eigenvalue weighted by Gasteiger charge is -2.20. The highest BCUT2D eigenvalue weighted by atomic mass is 31.2. The summed E-state index contributed by atoms with van der Waals surface area (Å²) in [5.74, 6) is -0.992. The minimum atomic E-state index is -4.63. The van der Waals surface area contributed by atoms with Gasteiger partial charge in [-0.3, -0.25) is 18.6 Å². The highest BCUT2D eigenvalue weighted by molar-refractivity contribution is 7.47. The van der Waals surface area contributed by atoms with Crippen LogP contribution in [-0.4, -0.2) is 65.7 Å². The van der Waals surface area contributed by atoms with Crippen LogP contribution in [-0.2, 0) is 32.7 Å². The molecule has 0 radical (unpaired) electrons. The molecule has 320 valence electrons. The number of aliphatic hydroxyl groups is 2. The molecule has 0 aliphatic rings. The molecule has 0 aromatic heterocycles. The van der Waals surface area contributed by atoms with Gasteiger partial charge in [0.15, 0.2) is 6.10 Å². The van der Waals surface area contributed by atoms with Crippen LogP contribution in [0.3, 0.4) is 0 Å². The summed E-state index contributed by atoms with van der Waals surface area (Å²) in [6, 6.07) is 0. The molecule has 0 saturated carbocycles. The van der Waals surface area contributed by atoms with Crippen LogP contribution in [0.1, 0.15) is 181 Å². The average Bonchev–Trinajstić information content (AvgIpc) is 3.17. The van der Waals surface area contributed by atoms with Crippen LogP contribution in [0.5, 0.6) is 0 Å². The molecule has 0 bridgehead atoms. The number of allylic oxidation sites excluding steroid dienone is 8. The molecule has 55 heavy (non-hydrogen) atoms. The van der Waals surface area contributed by atoms with E-state index in [1.807, 2.05) is 6.08 Å². The molecule has 1 unspecified atom stereocenters. The lowest BCUT2D eigenvalue weighted by atomic mass is 10.1. The molecular weight excluding hydrogens is 719 g/mol. The van der Waals surface area contributed by atoms with Crippen molar-refractivity contribution in [1.29, 1.82) is 0 Å². The van der Waals surface area contributed by atoms with E-state index in [1.54, 1.807) is 0 Å². The first-order chi connectivity index (χ1) is 26.7. The number of hydrogen-bond acceptors (Lipinski definition) is 9. The molecule has 3 N–H and O–H groups in total. The number of hydrogen-bond donors (Lipinski definition) is 3. The van der Waals surface area contributed by atoms with E-state index in [1.165, 1.54) is 89.9 Å². The number of carbonyl (C=O) groups excluding carboxylic acids is 2. The second kappa shape index (κ2) is 40.1. The predicted octanol–water partition coefficient (Wildman–Crippen LogP) is 11.3. The molecule has 0 saturated heterocycles. The zero-order valence-corrected chi connectivity index (χ0v) is 35.5. The van der Waals surface area contributed by atoms with Crippen LogP contribution >= 0.6 is 7.82 Å². The number of unbranched alkanes of at least 4 members (excludes halogenated alkanes) is 18. The first-order valence-electron chi connectivity index (χ1n) is 21.6.